The molecule has 0 fully saturated rings. The molecule has 2 aromatic heterocycles. The predicted molar refractivity (Wildman–Crippen MR) is 51.0 cm³/mol. The molecule has 2 rings (SSSR count). The fourth-order valence-electron chi connectivity index (χ4n) is 1.33. The van der Waals surface area contributed by atoms with E-state index in [0.717, 1.165) is 5.56 Å². The Hall–Kier alpha value is -2.11. The second kappa shape index (κ2) is 2.69. The number of hydrogen-bond donors (Lipinski definition) is 1. The zero-order valence-electron chi connectivity index (χ0n) is 7.47. The summed E-state index contributed by atoms with van der Waals surface area (Å²) in [5.41, 5.74) is 6.87. The Morgan fingerprint density at radius 1 is 1.64 bits per heavy atom. The number of nitro groups is 1. The minimum atomic E-state index is -0.537. The molecule has 0 aliphatic rings. The fraction of sp³-hybridized carbons (Fsp3) is 0.125. The van der Waals surface area contributed by atoms with Gasteiger partial charge in [-0.25, -0.2) is 0 Å². The molecular formula is C8H8N4O2. The molecule has 0 radical (unpaired) electrons. The quantitative estimate of drug-likeness (QED) is 0.542. The Bertz CT molecular complexity index is 517. The second-order valence-corrected chi connectivity index (χ2v) is 3.01. The molecular weight excluding hydrogens is 184 g/mol. The van der Waals surface area contributed by atoms with Crippen LogP contribution in [0.5, 0.6) is 0 Å². The van der Waals surface area contributed by atoms with Crippen LogP contribution in [0.3, 0.4) is 0 Å². The monoisotopic (exact) mass is 192 g/mol. The van der Waals surface area contributed by atoms with E-state index in [1.165, 1.54) is 4.40 Å². The smallest absolute Gasteiger partial charge is 0.358 e. The number of imidazole rings is 1. The fourth-order valence-corrected chi connectivity index (χ4v) is 1.33. The molecule has 0 amide bonds. The van der Waals surface area contributed by atoms with Gasteiger partial charge in [0.1, 0.15) is 5.52 Å². The maximum atomic E-state index is 10.6. The second-order valence-electron chi connectivity index (χ2n) is 3.01. The topological polar surface area (TPSA) is 86.5 Å². The van der Waals surface area contributed by atoms with Gasteiger partial charge in [-0.3, -0.25) is 4.40 Å². The zero-order valence-corrected chi connectivity index (χ0v) is 7.47. The molecule has 0 aromatic carbocycles. The minimum absolute atomic E-state index is 0.131. The van der Waals surface area contributed by atoms with Crippen molar-refractivity contribution < 1.29 is 4.92 Å². The van der Waals surface area contributed by atoms with Gasteiger partial charge >= 0.3 is 11.8 Å². The van der Waals surface area contributed by atoms with Crippen molar-refractivity contribution in [2.45, 2.75) is 6.92 Å². The van der Waals surface area contributed by atoms with Crippen LogP contribution >= 0.6 is 0 Å². The Morgan fingerprint density at radius 3 is 3.00 bits per heavy atom. The van der Waals surface area contributed by atoms with Crippen LogP contribution in [-0.4, -0.2) is 14.3 Å². The third-order valence-corrected chi connectivity index (χ3v) is 1.98. The van der Waals surface area contributed by atoms with Crippen LogP contribution in [0.15, 0.2) is 18.3 Å². The van der Waals surface area contributed by atoms with Gasteiger partial charge in [0.25, 0.3) is 0 Å². The number of nitrogens with zero attached hydrogens (tertiary/aromatic N) is 3. The first-order valence-electron chi connectivity index (χ1n) is 3.98. The molecule has 6 heteroatoms. The standard InChI is InChI=1S/C8H8N4O2/c1-5-2-3-11-6(4-5)7(12(13)14)10-8(11)9/h2-4H,1H3,(H2,9,10). The molecule has 0 bridgehead atoms. The van der Waals surface area contributed by atoms with Gasteiger partial charge < -0.3 is 15.8 Å². The number of nitrogens with two attached hydrogens (primary N) is 1. The van der Waals surface area contributed by atoms with Crippen molar-refractivity contribution in [3.8, 4) is 0 Å². The highest BCUT2D eigenvalue weighted by Gasteiger charge is 2.19. The molecule has 0 aliphatic carbocycles. The molecule has 2 N–H and O–H groups in total. The average Bonchev–Trinajstić information content (AvgIpc) is 2.43. The normalized spacial score (nSPS) is 10.6. The van der Waals surface area contributed by atoms with Gasteiger partial charge in [0.2, 0.25) is 0 Å². The molecule has 0 saturated heterocycles. The number of aryl methyl sites for hydroxylation is 1. The van der Waals surface area contributed by atoms with Crippen LogP contribution in [0, 0.1) is 17.0 Å². The number of rotatable bonds is 1. The summed E-state index contributed by atoms with van der Waals surface area (Å²) in [6.45, 7) is 1.85. The number of pyridine rings is 1. The summed E-state index contributed by atoms with van der Waals surface area (Å²) in [7, 11) is 0. The number of anilines is 1. The van der Waals surface area contributed by atoms with Gasteiger partial charge in [0.05, 0.1) is 0 Å². The lowest BCUT2D eigenvalue weighted by atomic mass is 10.3. The molecule has 0 atom stereocenters. The molecule has 2 aromatic rings. The summed E-state index contributed by atoms with van der Waals surface area (Å²) in [5, 5.41) is 10.6. The summed E-state index contributed by atoms with van der Waals surface area (Å²) in [6, 6.07) is 3.50. The molecule has 0 spiro atoms. The summed E-state index contributed by atoms with van der Waals surface area (Å²) in [5.74, 6) is -0.0714. The Labute approximate surface area is 79.1 Å². The third kappa shape index (κ3) is 1.08. The van der Waals surface area contributed by atoms with Gasteiger partial charge in [-0.15, -0.1) is 0 Å². The van der Waals surface area contributed by atoms with E-state index < -0.39 is 4.92 Å². The SMILES string of the molecule is Cc1ccn2c(N)nc([N+](=O)[O-])c2c1. The van der Waals surface area contributed by atoms with E-state index in [1.807, 2.05) is 13.0 Å². The van der Waals surface area contributed by atoms with E-state index in [4.69, 9.17) is 5.73 Å². The molecule has 2 heterocycles. The maximum Gasteiger partial charge on any atom is 0.391 e. The van der Waals surface area contributed by atoms with Crippen molar-refractivity contribution in [1.82, 2.24) is 9.38 Å². The number of aromatic nitrogens is 2. The van der Waals surface area contributed by atoms with Crippen molar-refractivity contribution in [2.24, 2.45) is 0 Å². The van der Waals surface area contributed by atoms with E-state index in [0.29, 0.717) is 5.52 Å². The van der Waals surface area contributed by atoms with Crippen LogP contribution < -0.4 is 5.73 Å². The lowest BCUT2D eigenvalue weighted by molar-refractivity contribution is -0.387. The molecule has 14 heavy (non-hydrogen) atoms. The summed E-state index contributed by atoms with van der Waals surface area (Å²) in [6.07, 6.45) is 1.67. The number of hydrogen-bond acceptors (Lipinski definition) is 4. The van der Waals surface area contributed by atoms with E-state index in [1.54, 1.807) is 12.3 Å². The van der Waals surface area contributed by atoms with E-state index in [9.17, 15) is 10.1 Å². The van der Waals surface area contributed by atoms with Crippen molar-refractivity contribution >= 4 is 17.3 Å². The Balaban J connectivity index is 2.85. The molecule has 0 aliphatic heterocycles. The lowest BCUT2D eigenvalue weighted by Gasteiger charge is -1.94. The van der Waals surface area contributed by atoms with Crippen LogP contribution in [0.4, 0.5) is 11.8 Å². The molecule has 0 saturated carbocycles. The highest BCUT2D eigenvalue weighted by molar-refractivity contribution is 5.66. The number of fused-ring (bicyclic) bond motifs is 1. The summed E-state index contributed by atoms with van der Waals surface area (Å²) >= 11 is 0. The Morgan fingerprint density at radius 2 is 2.36 bits per heavy atom. The van der Waals surface area contributed by atoms with Crippen molar-refractivity contribution in [1.29, 1.82) is 0 Å². The van der Waals surface area contributed by atoms with E-state index >= 15 is 0 Å². The summed E-state index contributed by atoms with van der Waals surface area (Å²) in [4.78, 5) is 13.7. The first-order valence-corrected chi connectivity index (χ1v) is 3.98. The highest BCUT2D eigenvalue weighted by Crippen LogP contribution is 2.22. The van der Waals surface area contributed by atoms with Gasteiger partial charge in [-0.05, 0) is 29.5 Å². The average molecular weight is 192 g/mol. The lowest BCUT2D eigenvalue weighted by Crippen LogP contribution is -1.93. The first kappa shape index (κ1) is 8.49. The highest BCUT2D eigenvalue weighted by atomic mass is 16.6. The molecule has 6 nitrogen and oxygen atoms in total. The van der Waals surface area contributed by atoms with Crippen LogP contribution in [-0.2, 0) is 0 Å². The largest absolute Gasteiger partial charge is 0.391 e. The molecule has 0 unspecified atom stereocenters. The van der Waals surface area contributed by atoms with Crippen LogP contribution in [0.25, 0.3) is 5.52 Å². The van der Waals surface area contributed by atoms with Gasteiger partial charge in [0, 0.05) is 11.2 Å². The Kier molecular flexibility index (Phi) is 1.63. The predicted octanol–water partition coefficient (Wildman–Crippen LogP) is 1.13. The van der Waals surface area contributed by atoms with E-state index in [-0.39, 0.29) is 11.8 Å². The summed E-state index contributed by atoms with van der Waals surface area (Å²) < 4.78 is 1.49. The maximum absolute atomic E-state index is 10.6. The van der Waals surface area contributed by atoms with Crippen molar-refractivity contribution in [3.05, 3.63) is 34.0 Å². The van der Waals surface area contributed by atoms with Crippen LogP contribution in [0.2, 0.25) is 0 Å². The van der Waals surface area contributed by atoms with Gasteiger partial charge in [-0.2, -0.15) is 0 Å². The number of nitrogen functional groups attached to an aromatic ring is 1. The van der Waals surface area contributed by atoms with E-state index in [2.05, 4.69) is 4.98 Å². The third-order valence-electron chi connectivity index (χ3n) is 1.98. The first-order chi connectivity index (χ1) is 6.59. The minimum Gasteiger partial charge on any atom is -0.358 e. The van der Waals surface area contributed by atoms with Gasteiger partial charge in [-0.1, -0.05) is 0 Å². The van der Waals surface area contributed by atoms with Crippen LogP contribution in [0.1, 0.15) is 5.56 Å². The van der Waals surface area contributed by atoms with Crippen molar-refractivity contribution in [3.63, 3.8) is 0 Å². The molecule has 72 valence electrons. The van der Waals surface area contributed by atoms with Crippen molar-refractivity contribution in [2.75, 3.05) is 5.73 Å². The van der Waals surface area contributed by atoms with Gasteiger partial charge in [0.15, 0.2) is 0 Å². The zero-order chi connectivity index (χ0) is 10.3.